The molecule has 1 atom stereocenters. The summed E-state index contributed by atoms with van der Waals surface area (Å²) in [4.78, 5) is 22.1. The van der Waals surface area contributed by atoms with Crippen molar-refractivity contribution in [1.29, 1.82) is 0 Å². The van der Waals surface area contributed by atoms with Gasteiger partial charge in [0.15, 0.2) is 0 Å². The normalized spacial score (nSPS) is 11.9. The highest BCUT2D eigenvalue weighted by molar-refractivity contribution is 8.00. The van der Waals surface area contributed by atoms with Crippen molar-refractivity contribution in [3.8, 4) is 11.5 Å². The van der Waals surface area contributed by atoms with E-state index in [9.17, 15) is 14.9 Å². The first kappa shape index (κ1) is 16.9. The minimum atomic E-state index is -0.497. The van der Waals surface area contributed by atoms with E-state index in [1.54, 1.807) is 13.0 Å². The number of esters is 1. The van der Waals surface area contributed by atoms with E-state index in [-0.39, 0.29) is 22.8 Å². The van der Waals surface area contributed by atoms with Crippen LogP contribution in [0.5, 0.6) is 0 Å². The van der Waals surface area contributed by atoms with Gasteiger partial charge in [0.25, 0.3) is 10.9 Å². The molecule has 0 aliphatic carbocycles. The van der Waals surface area contributed by atoms with Crippen LogP contribution in [0.3, 0.4) is 0 Å². The molecule has 0 radical (unpaired) electrons. The maximum Gasteiger partial charge on any atom is 0.319 e. The number of hydrogen-bond donors (Lipinski definition) is 0. The quantitative estimate of drug-likeness (QED) is 0.328. The first-order valence-electron chi connectivity index (χ1n) is 6.96. The van der Waals surface area contributed by atoms with E-state index in [1.807, 2.05) is 6.92 Å². The number of rotatable bonds is 7. The van der Waals surface area contributed by atoms with Crippen molar-refractivity contribution >= 4 is 23.4 Å². The third-order valence-corrected chi connectivity index (χ3v) is 4.05. The molecule has 0 unspecified atom stereocenters. The van der Waals surface area contributed by atoms with E-state index in [2.05, 4.69) is 10.2 Å². The predicted molar refractivity (Wildman–Crippen MR) is 83.0 cm³/mol. The highest BCUT2D eigenvalue weighted by Gasteiger charge is 2.22. The summed E-state index contributed by atoms with van der Waals surface area (Å²) in [6.07, 6.45) is 0.554. The minimum absolute atomic E-state index is 0.0622. The summed E-state index contributed by atoms with van der Waals surface area (Å²) >= 11 is 1.11. The van der Waals surface area contributed by atoms with Crippen LogP contribution in [0.25, 0.3) is 11.5 Å². The molecule has 0 aliphatic heterocycles. The van der Waals surface area contributed by atoms with Crippen LogP contribution >= 0.6 is 11.8 Å². The molecule has 0 saturated carbocycles. The zero-order chi connectivity index (χ0) is 16.8. The highest BCUT2D eigenvalue weighted by atomic mass is 32.2. The number of thioether (sulfide) groups is 1. The highest BCUT2D eigenvalue weighted by Crippen LogP contribution is 2.29. The van der Waals surface area contributed by atoms with Gasteiger partial charge in [0.05, 0.1) is 11.5 Å². The first-order chi connectivity index (χ1) is 11.0. The van der Waals surface area contributed by atoms with E-state index in [4.69, 9.17) is 9.15 Å². The smallest absolute Gasteiger partial charge is 0.319 e. The molecular weight excluding hydrogens is 322 g/mol. The van der Waals surface area contributed by atoms with Crippen LogP contribution < -0.4 is 0 Å². The molecule has 1 aromatic carbocycles. The van der Waals surface area contributed by atoms with E-state index < -0.39 is 10.2 Å². The zero-order valence-electron chi connectivity index (χ0n) is 12.6. The number of aromatic nitrogens is 2. The van der Waals surface area contributed by atoms with E-state index in [0.29, 0.717) is 18.6 Å². The Balaban J connectivity index is 2.15. The Morgan fingerprint density at radius 2 is 2.22 bits per heavy atom. The molecule has 0 spiro atoms. The molecule has 23 heavy (non-hydrogen) atoms. The Labute approximate surface area is 136 Å². The second-order valence-electron chi connectivity index (χ2n) is 4.45. The van der Waals surface area contributed by atoms with E-state index >= 15 is 0 Å². The topological polar surface area (TPSA) is 108 Å². The first-order valence-corrected chi connectivity index (χ1v) is 7.84. The SMILES string of the molecule is CCOC(=O)[C@@H](CC)Sc1nnc(-c2cccc([N+](=O)[O-])c2)o1. The number of carbonyl (C=O) groups is 1. The van der Waals surface area contributed by atoms with Crippen LogP contribution in [0, 0.1) is 10.1 Å². The average Bonchev–Trinajstić information content (AvgIpc) is 3.01. The van der Waals surface area contributed by atoms with Crippen LogP contribution in [-0.4, -0.2) is 32.9 Å². The van der Waals surface area contributed by atoms with Gasteiger partial charge in [0, 0.05) is 17.7 Å². The lowest BCUT2D eigenvalue weighted by molar-refractivity contribution is -0.384. The minimum Gasteiger partial charge on any atom is -0.465 e. The van der Waals surface area contributed by atoms with Gasteiger partial charge in [-0.05, 0) is 19.4 Å². The molecule has 8 nitrogen and oxygen atoms in total. The summed E-state index contributed by atoms with van der Waals surface area (Å²) in [5, 5.41) is 18.3. The van der Waals surface area contributed by atoms with Crippen molar-refractivity contribution < 1.29 is 18.9 Å². The number of non-ortho nitro benzene ring substituents is 1. The number of hydrogen-bond acceptors (Lipinski definition) is 8. The Kier molecular flexibility index (Phi) is 5.69. The molecule has 0 fully saturated rings. The summed E-state index contributed by atoms with van der Waals surface area (Å²) in [5.41, 5.74) is 0.385. The van der Waals surface area contributed by atoms with Gasteiger partial charge < -0.3 is 9.15 Å². The predicted octanol–water partition coefficient (Wildman–Crippen LogP) is 3.08. The van der Waals surface area contributed by atoms with Crippen molar-refractivity contribution in [2.45, 2.75) is 30.7 Å². The van der Waals surface area contributed by atoms with Gasteiger partial charge in [-0.25, -0.2) is 0 Å². The van der Waals surface area contributed by atoms with Crippen LogP contribution in [0.1, 0.15) is 20.3 Å². The van der Waals surface area contributed by atoms with Gasteiger partial charge in [-0.2, -0.15) is 0 Å². The maximum atomic E-state index is 11.8. The summed E-state index contributed by atoms with van der Waals surface area (Å²) in [6.45, 7) is 3.90. The fourth-order valence-electron chi connectivity index (χ4n) is 1.78. The molecule has 0 saturated heterocycles. The number of ether oxygens (including phenoxy) is 1. The molecule has 9 heteroatoms. The van der Waals surface area contributed by atoms with Crippen molar-refractivity contribution in [2.24, 2.45) is 0 Å². The third-order valence-electron chi connectivity index (χ3n) is 2.87. The fraction of sp³-hybridized carbons (Fsp3) is 0.357. The maximum absolute atomic E-state index is 11.8. The molecule has 1 aromatic heterocycles. The Hall–Kier alpha value is -2.42. The number of carbonyl (C=O) groups excluding carboxylic acids is 1. The summed E-state index contributed by atoms with van der Waals surface area (Å²) in [6, 6.07) is 5.91. The standard InChI is InChI=1S/C14H15N3O5S/c1-3-11(13(18)21-4-2)23-14-16-15-12(22-14)9-6-5-7-10(8-9)17(19)20/h5-8,11H,3-4H2,1-2H3/t11-/m1/s1. The van der Waals surface area contributed by atoms with Crippen molar-refractivity contribution in [3.63, 3.8) is 0 Å². The Morgan fingerprint density at radius 1 is 1.43 bits per heavy atom. The van der Waals surface area contributed by atoms with E-state index in [0.717, 1.165) is 11.8 Å². The fourth-order valence-corrected chi connectivity index (χ4v) is 2.57. The van der Waals surface area contributed by atoms with Gasteiger partial charge in [-0.15, -0.1) is 10.2 Å². The average molecular weight is 337 g/mol. The van der Waals surface area contributed by atoms with Gasteiger partial charge in [-0.3, -0.25) is 14.9 Å². The van der Waals surface area contributed by atoms with Crippen LogP contribution in [0.4, 0.5) is 5.69 Å². The summed E-state index contributed by atoms with van der Waals surface area (Å²) in [5.74, 6) is -0.176. The number of benzene rings is 1. The van der Waals surface area contributed by atoms with Crippen LogP contribution in [-0.2, 0) is 9.53 Å². The summed E-state index contributed by atoms with van der Waals surface area (Å²) < 4.78 is 10.5. The summed E-state index contributed by atoms with van der Waals surface area (Å²) in [7, 11) is 0. The number of nitro groups is 1. The zero-order valence-corrected chi connectivity index (χ0v) is 13.4. The van der Waals surface area contributed by atoms with Crippen LogP contribution in [0.15, 0.2) is 33.9 Å². The lowest BCUT2D eigenvalue weighted by Gasteiger charge is -2.09. The molecule has 0 bridgehead atoms. The van der Waals surface area contributed by atoms with Crippen molar-refractivity contribution in [3.05, 3.63) is 34.4 Å². The van der Waals surface area contributed by atoms with Gasteiger partial charge in [0.2, 0.25) is 5.89 Å². The molecule has 2 rings (SSSR count). The van der Waals surface area contributed by atoms with Gasteiger partial charge >= 0.3 is 5.97 Å². The Bertz CT molecular complexity index is 703. The van der Waals surface area contributed by atoms with Gasteiger partial charge in [0.1, 0.15) is 5.25 Å². The lowest BCUT2D eigenvalue weighted by atomic mass is 10.2. The van der Waals surface area contributed by atoms with Gasteiger partial charge in [-0.1, -0.05) is 24.8 Å². The third kappa shape index (κ3) is 4.28. The van der Waals surface area contributed by atoms with Crippen LogP contribution in [0.2, 0.25) is 0 Å². The molecular formula is C14H15N3O5S. The van der Waals surface area contributed by atoms with E-state index in [1.165, 1.54) is 18.2 Å². The second kappa shape index (κ2) is 7.73. The molecule has 122 valence electrons. The molecule has 2 aromatic rings. The monoisotopic (exact) mass is 337 g/mol. The van der Waals surface area contributed by atoms with Crippen molar-refractivity contribution in [1.82, 2.24) is 10.2 Å². The lowest BCUT2D eigenvalue weighted by Crippen LogP contribution is -2.19. The molecule has 0 aliphatic rings. The molecule has 1 heterocycles. The number of nitrogens with zero attached hydrogens (tertiary/aromatic N) is 3. The largest absolute Gasteiger partial charge is 0.465 e. The van der Waals surface area contributed by atoms with Crippen molar-refractivity contribution in [2.75, 3.05) is 6.61 Å². The molecule has 0 amide bonds. The Morgan fingerprint density at radius 3 is 2.87 bits per heavy atom. The number of nitro benzene ring substituents is 1. The second-order valence-corrected chi connectivity index (χ2v) is 5.60. The molecule has 0 N–H and O–H groups in total.